The van der Waals surface area contributed by atoms with Crippen LogP contribution in [0.3, 0.4) is 0 Å². The zero-order valence-electron chi connectivity index (χ0n) is 21.2. The first kappa shape index (κ1) is 23.3. The van der Waals surface area contributed by atoms with Crippen LogP contribution < -0.4 is 5.43 Å². The maximum absolute atomic E-state index is 13.3. The molecule has 1 aromatic heterocycles. The molecule has 2 aromatic rings. The van der Waals surface area contributed by atoms with E-state index in [1.807, 2.05) is 12.1 Å². The summed E-state index contributed by atoms with van der Waals surface area (Å²) in [6, 6.07) is 10.2. The lowest BCUT2D eigenvalue weighted by Crippen LogP contribution is -2.28. The third-order valence-corrected chi connectivity index (χ3v) is 7.70. The average molecular weight is 468 g/mol. The fourth-order valence-corrected chi connectivity index (χ4v) is 5.79. The van der Waals surface area contributed by atoms with Gasteiger partial charge in [-0.2, -0.15) is 0 Å². The Hall–Kier alpha value is -3.46. The molecule has 3 aliphatic rings. The van der Waals surface area contributed by atoms with Crippen molar-refractivity contribution in [3.05, 3.63) is 111 Å². The van der Waals surface area contributed by atoms with Crippen molar-refractivity contribution in [2.75, 3.05) is 0 Å². The fourth-order valence-electron chi connectivity index (χ4n) is 5.79. The Morgan fingerprint density at radius 2 is 1.86 bits per heavy atom. The number of allylic oxidation sites excluding steroid dienone is 7. The van der Waals surface area contributed by atoms with Gasteiger partial charge in [0.1, 0.15) is 0 Å². The highest BCUT2D eigenvalue weighted by molar-refractivity contribution is 6.12. The zero-order chi connectivity index (χ0) is 25.1. The van der Waals surface area contributed by atoms with Gasteiger partial charge < -0.3 is 4.57 Å². The molecule has 182 valence electrons. The summed E-state index contributed by atoms with van der Waals surface area (Å²) in [5.74, 6) is 0.212. The molecule has 3 nitrogen and oxygen atoms in total. The number of ketones is 1. The Labute approximate surface area is 210 Å². The van der Waals surface area contributed by atoms with Gasteiger partial charge in [-0.05, 0) is 77.0 Å². The van der Waals surface area contributed by atoms with Gasteiger partial charge in [0.25, 0.3) is 0 Å². The molecule has 5 rings (SSSR count). The number of hydrogen-bond donors (Lipinski definition) is 0. The normalized spacial score (nSPS) is 19.7. The van der Waals surface area contributed by atoms with Crippen molar-refractivity contribution in [1.29, 1.82) is 0 Å². The van der Waals surface area contributed by atoms with Crippen molar-refractivity contribution in [2.45, 2.75) is 53.0 Å². The highest BCUT2D eigenvalue weighted by Crippen LogP contribution is 2.57. The Balaban J connectivity index is 0.00000190. The van der Waals surface area contributed by atoms with Crippen LogP contribution in [0.1, 0.15) is 83.0 Å². The first-order valence-electron chi connectivity index (χ1n) is 12.5. The molecule has 0 radical (unpaired) electrons. The number of carbonyl (C=O) groups is 1. The van der Waals surface area contributed by atoms with E-state index in [0.29, 0.717) is 5.92 Å². The van der Waals surface area contributed by atoms with Crippen LogP contribution in [0.2, 0.25) is 0 Å². The molecule has 0 unspecified atom stereocenters. The summed E-state index contributed by atoms with van der Waals surface area (Å²) in [4.78, 5) is 25.9. The van der Waals surface area contributed by atoms with Crippen molar-refractivity contribution in [2.24, 2.45) is 11.3 Å². The van der Waals surface area contributed by atoms with E-state index in [9.17, 15) is 9.59 Å². The van der Waals surface area contributed by atoms with Crippen LogP contribution in [-0.4, -0.2) is 10.4 Å². The van der Waals surface area contributed by atoms with Crippen LogP contribution in [0.15, 0.2) is 83.4 Å². The second-order valence-corrected chi connectivity index (χ2v) is 11.0. The van der Waals surface area contributed by atoms with Crippen molar-refractivity contribution >= 4 is 23.0 Å². The van der Waals surface area contributed by atoms with E-state index in [2.05, 4.69) is 69.7 Å². The highest BCUT2D eigenvalue weighted by atomic mass is 16.1. The van der Waals surface area contributed by atoms with Crippen molar-refractivity contribution in [3.8, 4) is 0 Å². The molecule has 2 heterocycles. The summed E-state index contributed by atoms with van der Waals surface area (Å²) in [5, 5.41) is 0. The van der Waals surface area contributed by atoms with E-state index in [-0.39, 0.29) is 31.1 Å². The second kappa shape index (κ2) is 8.34. The molecule has 2 aliphatic carbocycles. The third kappa shape index (κ3) is 3.74. The second-order valence-electron chi connectivity index (χ2n) is 11.0. The van der Waals surface area contributed by atoms with Crippen LogP contribution >= 0.6 is 0 Å². The number of hydrogen-bond acceptors (Lipinski definition) is 2. The molecule has 0 spiro atoms. The van der Waals surface area contributed by atoms with E-state index in [1.54, 1.807) is 12.3 Å². The summed E-state index contributed by atoms with van der Waals surface area (Å²) >= 11 is 0. The minimum atomic E-state index is -0.332. The fraction of sp³-hybridized carbons (Fsp3) is 0.312. The Bertz CT molecular complexity index is 1440. The molecule has 1 aromatic carbocycles. The predicted octanol–water partition coefficient (Wildman–Crippen LogP) is 7.92. The number of aromatic nitrogens is 1. The molecule has 1 atom stereocenters. The van der Waals surface area contributed by atoms with Crippen LogP contribution in [0.4, 0.5) is 0 Å². The molecule has 1 saturated carbocycles. The number of rotatable bonds is 5. The minimum absolute atomic E-state index is 0. The number of carbonyl (C=O) groups excluding carboxylic acids is 1. The topological polar surface area (TPSA) is 39.1 Å². The van der Waals surface area contributed by atoms with Crippen LogP contribution in [0.5, 0.6) is 0 Å². The van der Waals surface area contributed by atoms with Crippen molar-refractivity contribution in [1.82, 2.24) is 4.57 Å². The molecule has 1 fully saturated rings. The van der Waals surface area contributed by atoms with Gasteiger partial charge >= 0.3 is 0 Å². The Morgan fingerprint density at radius 3 is 2.49 bits per heavy atom. The Morgan fingerprint density at radius 1 is 1.14 bits per heavy atom. The first-order valence-corrected chi connectivity index (χ1v) is 12.5. The van der Waals surface area contributed by atoms with Crippen LogP contribution in [0, 0.1) is 11.3 Å². The summed E-state index contributed by atoms with van der Waals surface area (Å²) in [7, 11) is 0. The largest absolute Gasteiger partial charge is 0.343 e. The van der Waals surface area contributed by atoms with Gasteiger partial charge in [0.05, 0.1) is 11.3 Å². The van der Waals surface area contributed by atoms with Gasteiger partial charge in [-0.15, -0.1) is 0 Å². The number of benzene rings is 1. The molecule has 0 bridgehead atoms. The SMILES string of the molecule is C=CC(=O)c1cn2c(cc1=O)C1=C(c3ccccc3C=C)C(C3CC3)=C(C)C1=CC[C@H]2C(C)(C)C.[HH].[HH]. The summed E-state index contributed by atoms with van der Waals surface area (Å²) in [5.41, 5.74) is 9.26. The van der Waals surface area contributed by atoms with Gasteiger partial charge in [-0.3, -0.25) is 9.59 Å². The number of pyridine rings is 1. The van der Waals surface area contributed by atoms with E-state index < -0.39 is 0 Å². The zero-order valence-corrected chi connectivity index (χ0v) is 21.2. The predicted molar refractivity (Wildman–Crippen MR) is 149 cm³/mol. The maximum Gasteiger partial charge on any atom is 0.193 e. The molecule has 35 heavy (non-hydrogen) atoms. The van der Waals surface area contributed by atoms with E-state index in [4.69, 9.17) is 0 Å². The van der Waals surface area contributed by atoms with Gasteiger partial charge in [0.2, 0.25) is 0 Å². The molecular formula is C32H37NO2. The maximum atomic E-state index is 13.3. The molecule has 1 aliphatic heterocycles. The Kier molecular flexibility index (Phi) is 5.55. The molecule has 0 N–H and O–H groups in total. The quantitative estimate of drug-likeness (QED) is 0.331. The van der Waals surface area contributed by atoms with Crippen molar-refractivity contribution < 1.29 is 7.65 Å². The molecule has 0 saturated heterocycles. The highest BCUT2D eigenvalue weighted by Gasteiger charge is 2.41. The molecular weight excluding hydrogens is 430 g/mol. The van der Waals surface area contributed by atoms with Gasteiger partial charge in [0, 0.05) is 26.7 Å². The number of fused-ring (bicyclic) bond motifs is 3. The van der Waals surface area contributed by atoms with Gasteiger partial charge in [0.15, 0.2) is 11.2 Å². The summed E-state index contributed by atoms with van der Waals surface area (Å²) in [6.07, 6.45) is 10.5. The van der Waals surface area contributed by atoms with E-state index in [1.165, 1.54) is 41.2 Å². The average Bonchev–Trinajstić information content (AvgIpc) is 3.64. The monoisotopic (exact) mass is 467 g/mol. The lowest BCUT2D eigenvalue weighted by Gasteiger charge is -2.34. The first-order chi connectivity index (χ1) is 16.7. The van der Waals surface area contributed by atoms with Gasteiger partial charge in [-0.25, -0.2) is 0 Å². The minimum Gasteiger partial charge on any atom is -0.343 e. The van der Waals surface area contributed by atoms with Gasteiger partial charge in [-0.1, -0.05) is 70.3 Å². The molecule has 0 amide bonds. The summed E-state index contributed by atoms with van der Waals surface area (Å²) < 4.78 is 2.19. The van der Waals surface area contributed by atoms with Crippen LogP contribution in [-0.2, 0) is 0 Å². The molecule has 3 heteroatoms. The van der Waals surface area contributed by atoms with E-state index in [0.717, 1.165) is 28.8 Å². The lowest BCUT2D eigenvalue weighted by molar-refractivity contribution is 0.104. The smallest absolute Gasteiger partial charge is 0.193 e. The van der Waals surface area contributed by atoms with E-state index >= 15 is 0 Å². The standard InChI is InChI=1S/C32H33NO2.2H2/c1-7-20-11-9-10-12-23(20)31-29(21-13-14-21)19(3)22-15-16-28(32(4,5)6)33-18-24(26(34)8-2)27(35)17-25(33)30(22)31;;/h7-12,15,17-18,21,28H,1-2,13-14,16H2,3-6H3;2*1H/t28-;;/m0../s1. The number of nitrogens with zero attached hydrogens (tertiary/aromatic N) is 1. The summed E-state index contributed by atoms with van der Waals surface area (Å²) in [6.45, 7) is 16.6. The van der Waals surface area contributed by atoms with Crippen molar-refractivity contribution in [3.63, 3.8) is 0 Å². The lowest BCUT2D eigenvalue weighted by atomic mass is 9.84. The third-order valence-electron chi connectivity index (χ3n) is 7.70. The van der Waals surface area contributed by atoms with Crippen LogP contribution in [0.25, 0.3) is 17.2 Å².